The molecule has 21 heavy (non-hydrogen) atoms. The largest absolute Gasteiger partial charge is 0.381 e. The van der Waals surface area contributed by atoms with Gasteiger partial charge >= 0.3 is 0 Å². The van der Waals surface area contributed by atoms with E-state index in [9.17, 15) is 12.8 Å². The molecule has 1 aromatic carbocycles. The molecule has 1 heterocycles. The van der Waals surface area contributed by atoms with Crippen LogP contribution >= 0.6 is 15.9 Å². The number of hydrogen-bond acceptors (Lipinski definition) is 4. The van der Waals surface area contributed by atoms with Crippen LogP contribution in [0, 0.1) is 5.82 Å². The second kappa shape index (κ2) is 7.15. The molecule has 2 rings (SSSR count). The third-order valence-electron chi connectivity index (χ3n) is 3.28. The summed E-state index contributed by atoms with van der Waals surface area (Å²) in [4.78, 5) is -0.325. The Labute approximate surface area is 132 Å². The third-order valence-corrected chi connectivity index (χ3v) is 5.26. The molecule has 0 amide bonds. The van der Waals surface area contributed by atoms with Crippen molar-refractivity contribution in [3.8, 4) is 0 Å². The summed E-state index contributed by atoms with van der Waals surface area (Å²) < 4.78 is 47.5. The molecule has 118 valence electrons. The molecule has 0 saturated carbocycles. The van der Waals surface area contributed by atoms with Crippen LogP contribution in [0.25, 0.3) is 0 Å². The molecule has 1 aliphatic rings. The Bertz CT molecular complexity index is 604. The van der Waals surface area contributed by atoms with Gasteiger partial charge < -0.3 is 10.1 Å². The van der Waals surface area contributed by atoms with Crippen LogP contribution in [-0.4, -0.2) is 34.7 Å². The monoisotopic (exact) mass is 380 g/mol. The van der Waals surface area contributed by atoms with Crippen molar-refractivity contribution < 1.29 is 17.5 Å². The molecule has 8 heteroatoms. The van der Waals surface area contributed by atoms with Gasteiger partial charge in [0.2, 0.25) is 10.0 Å². The fraction of sp³-hybridized carbons (Fsp3) is 0.538. The van der Waals surface area contributed by atoms with Gasteiger partial charge in [-0.2, -0.15) is 0 Å². The maximum Gasteiger partial charge on any atom is 0.243 e. The molecule has 1 aliphatic heterocycles. The lowest BCUT2D eigenvalue weighted by Gasteiger charge is -2.23. The van der Waals surface area contributed by atoms with Crippen LogP contribution < -0.4 is 10.0 Å². The highest BCUT2D eigenvalue weighted by atomic mass is 79.9. The van der Waals surface area contributed by atoms with Crippen LogP contribution in [-0.2, 0) is 21.3 Å². The molecule has 1 aromatic rings. The molecule has 0 aliphatic carbocycles. The Morgan fingerprint density at radius 1 is 1.38 bits per heavy atom. The summed E-state index contributed by atoms with van der Waals surface area (Å²) >= 11 is 3.23. The van der Waals surface area contributed by atoms with Crippen LogP contribution in [0.5, 0.6) is 0 Å². The number of sulfonamides is 1. The van der Waals surface area contributed by atoms with Crippen LogP contribution in [0.4, 0.5) is 4.39 Å². The Morgan fingerprint density at radius 2 is 2.05 bits per heavy atom. The molecule has 0 radical (unpaired) electrons. The lowest BCUT2D eigenvalue weighted by Crippen LogP contribution is -2.39. The number of nitrogens with one attached hydrogen (secondary N) is 2. The minimum Gasteiger partial charge on any atom is -0.381 e. The molecule has 1 fully saturated rings. The molecule has 0 bridgehead atoms. The predicted octanol–water partition coefficient (Wildman–Crippen LogP) is 1.76. The summed E-state index contributed by atoms with van der Waals surface area (Å²) in [5.41, 5.74) is 0.305. The van der Waals surface area contributed by atoms with Crippen molar-refractivity contribution in [1.82, 2.24) is 10.0 Å². The first-order valence-corrected chi connectivity index (χ1v) is 8.94. The molecule has 0 atom stereocenters. The van der Waals surface area contributed by atoms with E-state index in [4.69, 9.17) is 4.74 Å². The fourth-order valence-electron chi connectivity index (χ4n) is 2.23. The highest BCUT2D eigenvalue weighted by Gasteiger charge is 2.26. The summed E-state index contributed by atoms with van der Waals surface area (Å²) in [5, 5.41) is 2.82. The first-order chi connectivity index (χ1) is 9.94. The second-order valence-electron chi connectivity index (χ2n) is 4.92. The summed E-state index contributed by atoms with van der Waals surface area (Å²) in [6, 6.07) is 2.64. The molecule has 0 spiro atoms. The minimum absolute atomic E-state index is 0.213. The quantitative estimate of drug-likeness (QED) is 0.816. The van der Waals surface area contributed by atoms with E-state index in [1.807, 2.05) is 0 Å². The van der Waals surface area contributed by atoms with Gasteiger partial charge in [-0.15, -0.1) is 0 Å². The van der Waals surface area contributed by atoms with Crippen molar-refractivity contribution in [2.24, 2.45) is 0 Å². The van der Waals surface area contributed by atoms with Gasteiger partial charge in [0.05, 0.1) is 0 Å². The average molecular weight is 381 g/mol. The van der Waals surface area contributed by atoms with E-state index in [1.165, 1.54) is 6.07 Å². The summed E-state index contributed by atoms with van der Waals surface area (Å²) in [7, 11) is -2.22. The molecular weight excluding hydrogens is 363 g/mol. The second-order valence-corrected chi connectivity index (χ2v) is 7.51. The molecule has 0 unspecified atom stereocenters. The van der Waals surface area contributed by atoms with E-state index >= 15 is 0 Å². The highest BCUT2D eigenvalue weighted by molar-refractivity contribution is 9.10. The van der Waals surface area contributed by atoms with E-state index in [2.05, 4.69) is 26.0 Å². The molecule has 2 N–H and O–H groups in total. The minimum atomic E-state index is -3.89. The van der Waals surface area contributed by atoms with Crippen molar-refractivity contribution in [3.05, 3.63) is 28.0 Å². The zero-order valence-electron chi connectivity index (χ0n) is 11.7. The van der Waals surface area contributed by atoms with Crippen molar-refractivity contribution in [3.63, 3.8) is 0 Å². The maximum absolute atomic E-state index is 14.4. The van der Waals surface area contributed by atoms with Crippen LogP contribution in [0.15, 0.2) is 21.5 Å². The van der Waals surface area contributed by atoms with Gasteiger partial charge in [0.25, 0.3) is 0 Å². The first kappa shape index (κ1) is 16.8. The van der Waals surface area contributed by atoms with Gasteiger partial charge in [-0.25, -0.2) is 17.5 Å². The summed E-state index contributed by atoms with van der Waals surface area (Å²) in [6.07, 6.45) is 1.19. The number of benzene rings is 1. The molecule has 5 nitrogen and oxygen atoms in total. The normalized spacial score (nSPS) is 17.1. The zero-order valence-corrected chi connectivity index (χ0v) is 14.1. The Hall–Kier alpha value is -0.540. The third kappa shape index (κ3) is 4.23. The summed E-state index contributed by atoms with van der Waals surface area (Å²) in [5.74, 6) is -0.716. The van der Waals surface area contributed by atoms with Crippen molar-refractivity contribution in [1.29, 1.82) is 0 Å². The molecular formula is C13H18BrFN2O3S. The average Bonchev–Trinajstić information content (AvgIpc) is 2.43. The van der Waals surface area contributed by atoms with Crippen molar-refractivity contribution >= 4 is 26.0 Å². The van der Waals surface area contributed by atoms with Gasteiger partial charge in [0, 0.05) is 35.8 Å². The van der Waals surface area contributed by atoms with Crippen molar-refractivity contribution in [2.45, 2.75) is 30.3 Å². The van der Waals surface area contributed by atoms with Gasteiger partial charge in [0.1, 0.15) is 10.7 Å². The smallest absolute Gasteiger partial charge is 0.243 e. The number of ether oxygens (including phenoxy) is 1. The van der Waals surface area contributed by atoms with Crippen LogP contribution in [0.1, 0.15) is 18.4 Å². The van der Waals surface area contributed by atoms with Crippen molar-refractivity contribution in [2.75, 3.05) is 20.3 Å². The van der Waals surface area contributed by atoms with E-state index in [0.717, 1.165) is 0 Å². The highest BCUT2D eigenvalue weighted by Crippen LogP contribution is 2.25. The standard InChI is InChI=1S/C13H18BrFN2O3S/c1-16-8-9-6-10(14)7-12(13(9)15)21(18,19)17-11-2-4-20-5-3-11/h6-7,11,16-17H,2-5,8H2,1H3. The molecule has 0 aromatic heterocycles. The van der Waals surface area contributed by atoms with Crippen LogP contribution in [0.2, 0.25) is 0 Å². The first-order valence-electron chi connectivity index (χ1n) is 6.66. The van der Waals surface area contributed by atoms with Gasteiger partial charge in [0.15, 0.2) is 0 Å². The van der Waals surface area contributed by atoms with Crippen LogP contribution in [0.3, 0.4) is 0 Å². The van der Waals surface area contributed by atoms with Gasteiger partial charge in [-0.1, -0.05) is 15.9 Å². The Morgan fingerprint density at radius 3 is 2.67 bits per heavy atom. The molecule has 1 saturated heterocycles. The number of hydrogen-bond donors (Lipinski definition) is 2. The van der Waals surface area contributed by atoms with E-state index in [1.54, 1.807) is 13.1 Å². The van der Waals surface area contributed by atoms with Gasteiger partial charge in [-0.05, 0) is 32.0 Å². The lowest BCUT2D eigenvalue weighted by molar-refractivity contribution is 0.0832. The lowest BCUT2D eigenvalue weighted by atomic mass is 10.1. The predicted molar refractivity (Wildman–Crippen MR) is 81.0 cm³/mol. The Kier molecular flexibility index (Phi) is 5.73. The topological polar surface area (TPSA) is 67.4 Å². The van der Waals surface area contributed by atoms with E-state index in [0.29, 0.717) is 36.1 Å². The fourth-order valence-corrected chi connectivity index (χ4v) is 4.34. The van der Waals surface area contributed by atoms with E-state index in [-0.39, 0.29) is 17.5 Å². The van der Waals surface area contributed by atoms with E-state index < -0.39 is 15.8 Å². The SMILES string of the molecule is CNCc1cc(Br)cc(S(=O)(=O)NC2CCOCC2)c1F. The number of halogens is 2. The Balaban J connectivity index is 2.30. The summed E-state index contributed by atoms with van der Waals surface area (Å²) in [6.45, 7) is 1.28. The maximum atomic E-state index is 14.4. The zero-order chi connectivity index (χ0) is 15.5. The number of rotatable bonds is 5. The van der Waals surface area contributed by atoms with Gasteiger partial charge in [-0.3, -0.25) is 0 Å².